The maximum absolute atomic E-state index is 12.5. The predicted octanol–water partition coefficient (Wildman–Crippen LogP) is 3.77. The van der Waals surface area contributed by atoms with E-state index in [1.807, 2.05) is 44.2 Å². The van der Waals surface area contributed by atoms with Crippen LogP contribution in [0, 0.1) is 13.8 Å². The van der Waals surface area contributed by atoms with E-state index >= 15 is 0 Å². The lowest BCUT2D eigenvalue weighted by Gasteiger charge is -2.16. The Bertz CT molecular complexity index is 952. The van der Waals surface area contributed by atoms with Gasteiger partial charge in [0.2, 0.25) is 5.82 Å². The summed E-state index contributed by atoms with van der Waals surface area (Å²) in [7, 11) is 1.55. The number of amides is 1. The van der Waals surface area contributed by atoms with Crippen molar-refractivity contribution in [3.05, 3.63) is 53.6 Å². The van der Waals surface area contributed by atoms with Crippen molar-refractivity contribution in [2.75, 3.05) is 12.4 Å². The van der Waals surface area contributed by atoms with Crippen molar-refractivity contribution in [3.63, 3.8) is 0 Å². The van der Waals surface area contributed by atoms with Crippen molar-refractivity contribution in [2.45, 2.75) is 26.9 Å². The van der Waals surface area contributed by atoms with Crippen LogP contribution in [-0.4, -0.2) is 29.4 Å². The van der Waals surface area contributed by atoms with Gasteiger partial charge in [0.05, 0.1) is 7.11 Å². The smallest absolute Gasteiger partial charge is 0.266 e. The molecule has 1 atom stereocenters. The zero-order valence-corrected chi connectivity index (χ0v) is 15.6. The monoisotopic (exact) mass is 367 g/mol. The summed E-state index contributed by atoms with van der Waals surface area (Å²) in [6.45, 7) is 5.68. The number of carbonyl (C=O) groups excluding carboxylic acids is 1. The minimum Gasteiger partial charge on any atom is -0.493 e. The van der Waals surface area contributed by atoms with Crippen molar-refractivity contribution in [1.29, 1.82) is 0 Å². The number of carbonyl (C=O) groups is 1. The molecule has 140 valence electrons. The summed E-state index contributed by atoms with van der Waals surface area (Å²) in [5.74, 6) is 0.909. The highest BCUT2D eigenvalue weighted by molar-refractivity contribution is 5.96. The molecular formula is C20H21N3O4. The first kappa shape index (κ1) is 18.4. The Labute approximate surface area is 157 Å². The van der Waals surface area contributed by atoms with Gasteiger partial charge in [-0.25, -0.2) is 4.63 Å². The van der Waals surface area contributed by atoms with Gasteiger partial charge in [-0.15, -0.1) is 0 Å². The summed E-state index contributed by atoms with van der Waals surface area (Å²) in [6.07, 6.45) is -0.773. The zero-order valence-electron chi connectivity index (χ0n) is 15.6. The largest absolute Gasteiger partial charge is 0.493 e. The van der Waals surface area contributed by atoms with E-state index in [0.29, 0.717) is 17.2 Å². The zero-order chi connectivity index (χ0) is 19.4. The van der Waals surface area contributed by atoms with E-state index in [0.717, 1.165) is 11.1 Å². The molecule has 2 aromatic carbocycles. The second-order valence-corrected chi connectivity index (χ2v) is 6.16. The molecule has 0 unspecified atom stereocenters. The molecule has 7 nitrogen and oxygen atoms in total. The van der Waals surface area contributed by atoms with Crippen LogP contribution in [0.5, 0.6) is 11.5 Å². The first-order chi connectivity index (χ1) is 13.0. The number of methoxy groups -OCH3 is 1. The van der Waals surface area contributed by atoms with E-state index in [9.17, 15) is 4.79 Å². The lowest BCUT2D eigenvalue weighted by Crippen LogP contribution is -2.30. The van der Waals surface area contributed by atoms with E-state index in [1.54, 1.807) is 26.2 Å². The Balaban J connectivity index is 1.75. The molecule has 0 saturated heterocycles. The molecule has 0 spiro atoms. The summed E-state index contributed by atoms with van der Waals surface area (Å²) >= 11 is 0. The van der Waals surface area contributed by atoms with Gasteiger partial charge < -0.3 is 14.8 Å². The molecule has 1 amide bonds. The molecule has 0 aliphatic carbocycles. The fraction of sp³-hybridized carbons (Fsp3) is 0.250. The summed E-state index contributed by atoms with van der Waals surface area (Å²) in [6, 6.07) is 13.0. The van der Waals surface area contributed by atoms with Gasteiger partial charge in [0.25, 0.3) is 5.91 Å². The molecule has 0 fully saturated rings. The third kappa shape index (κ3) is 4.08. The van der Waals surface area contributed by atoms with Gasteiger partial charge in [0.15, 0.2) is 23.3 Å². The molecule has 3 rings (SSSR count). The molecule has 0 radical (unpaired) electrons. The van der Waals surface area contributed by atoms with Gasteiger partial charge in [-0.05, 0) is 60.4 Å². The first-order valence-corrected chi connectivity index (χ1v) is 8.50. The van der Waals surface area contributed by atoms with Crippen molar-refractivity contribution < 1.29 is 18.9 Å². The highest BCUT2D eigenvalue weighted by Crippen LogP contribution is 2.28. The molecule has 27 heavy (non-hydrogen) atoms. The van der Waals surface area contributed by atoms with Gasteiger partial charge in [0.1, 0.15) is 0 Å². The summed E-state index contributed by atoms with van der Waals surface area (Å²) in [5.41, 5.74) is 3.56. The number of para-hydroxylation sites is 2. The Morgan fingerprint density at radius 3 is 2.52 bits per heavy atom. The minimum absolute atomic E-state index is 0.249. The van der Waals surface area contributed by atoms with Crippen LogP contribution >= 0.6 is 0 Å². The van der Waals surface area contributed by atoms with Crippen LogP contribution in [0.15, 0.2) is 47.1 Å². The summed E-state index contributed by atoms with van der Waals surface area (Å²) < 4.78 is 15.8. The van der Waals surface area contributed by atoms with Crippen molar-refractivity contribution in [1.82, 2.24) is 10.3 Å². The molecule has 7 heteroatoms. The number of aromatic nitrogens is 2. The average molecular weight is 367 g/mol. The Hall–Kier alpha value is -3.35. The van der Waals surface area contributed by atoms with Crippen LogP contribution in [-0.2, 0) is 4.79 Å². The number of nitrogens with one attached hydrogen (secondary N) is 1. The third-order valence-electron chi connectivity index (χ3n) is 4.25. The minimum atomic E-state index is -0.773. The molecule has 1 heterocycles. The molecule has 1 N–H and O–H groups in total. The van der Waals surface area contributed by atoms with Crippen LogP contribution < -0.4 is 14.8 Å². The quantitative estimate of drug-likeness (QED) is 0.714. The Morgan fingerprint density at radius 1 is 1.07 bits per heavy atom. The van der Waals surface area contributed by atoms with E-state index in [1.165, 1.54) is 5.56 Å². The van der Waals surface area contributed by atoms with E-state index in [4.69, 9.17) is 14.1 Å². The molecule has 0 saturated carbocycles. The number of hydrogen-bond donors (Lipinski definition) is 1. The summed E-state index contributed by atoms with van der Waals surface area (Å²) in [5, 5.41) is 10.4. The van der Waals surface area contributed by atoms with Gasteiger partial charge >= 0.3 is 0 Å². The van der Waals surface area contributed by atoms with Crippen LogP contribution in [0.4, 0.5) is 5.82 Å². The van der Waals surface area contributed by atoms with Gasteiger partial charge in [0, 0.05) is 5.56 Å². The lowest BCUT2D eigenvalue weighted by molar-refractivity contribution is -0.122. The molecule has 0 aliphatic heterocycles. The Kier molecular flexibility index (Phi) is 5.40. The highest BCUT2D eigenvalue weighted by atomic mass is 16.6. The third-order valence-corrected chi connectivity index (χ3v) is 4.25. The maximum atomic E-state index is 12.5. The number of ether oxygens (including phenoxy) is 2. The number of rotatable bonds is 6. The summed E-state index contributed by atoms with van der Waals surface area (Å²) in [4.78, 5) is 12.5. The Morgan fingerprint density at radius 2 is 1.81 bits per heavy atom. The van der Waals surface area contributed by atoms with Crippen LogP contribution in [0.2, 0.25) is 0 Å². The van der Waals surface area contributed by atoms with Crippen LogP contribution in [0.1, 0.15) is 18.1 Å². The van der Waals surface area contributed by atoms with Crippen molar-refractivity contribution >= 4 is 11.7 Å². The van der Waals surface area contributed by atoms with Gasteiger partial charge in [-0.1, -0.05) is 24.3 Å². The van der Waals surface area contributed by atoms with Crippen molar-refractivity contribution in [2.24, 2.45) is 0 Å². The van der Waals surface area contributed by atoms with E-state index < -0.39 is 6.10 Å². The molecule has 1 aromatic heterocycles. The molecule has 0 bridgehead atoms. The number of aryl methyl sites for hydroxylation is 2. The van der Waals surface area contributed by atoms with Gasteiger partial charge in [-0.3, -0.25) is 4.79 Å². The standard InChI is InChI=1S/C20H21N3O4/c1-12-9-10-15(11-13(12)2)18-19(23-27-22-18)21-20(24)14(3)26-17-8-6-5-7-16(17)25-4/h5-11,14H,1-4H3,(H,21,23,24)/t14-/m0/s1. The molecule has 0 aliphatic rings. The highest BCUT2D eigenvalue weighted by Gasteiger charge is 2.21. The van der Waals surface area contributed by atoms with Crippen molar-refractivity contribution in [3.8, 4) is 22.8 Å². The number of nitrogens with zero attached hydrogens (tertiary/aromatic N) is 2. The maximum Gasteiger partial charge on any atom is 0.266 e. The van der Waals surface area contributed by atoms with Gasteiger partial charge in [-0.2, -0.15) is 0 Å². The lowest BCUT2D eigenvalue weighted by atomic mass is 10.0. The number of anilines is 1. The SMILES string of the molecule is COc1ccccc1O[C@@H](C)C(=O)Nc1nonc1-c1ccc(C)c(C)c1. The van der Waals surface area contributed by atoms with Crippen LogP contribution in [0.3, 0.4) is 0 Å². The molecular weight excluding hydrogens is 346 g/mol. The van der Waals surface area contributed by atoms with E-state index in [-0.39, 0.29) is 11.7 Å². The van der Waals surface area contributed by atoms with Crippen LogP contribution in [0.25, 0.3) is 11.3 Å². The number of hydrogen-bond acceptors (Lipinski definition) is 6. The molecule has 3 aromatic rings. The predicted molar refractivity (Wildman–Crippen MR) is 101 cm³/mol. The first-order valence-electron chi connectivity index (χ1n) is 8.50. The second-order valence-electron chi connectivity index (χ2n) is 6.16. The average Bonchev–Trinajstić information content (AvgIpc) is 3.12. The van der Waals surface area contributed by atoms with E-state index in [2.05, 4.69) is 15.6 Å². The normalized spacial score (nSPS) is 11.7. The fourth-order valence-corrected chi connectivity index (χ4v) is 2.53. The second kappa shape index (κ2) is 7.90. The fourth-order valence-electron chi connectivity index (χ4n) is 2.53. The topological polar surface area (TPSA) is 86.5 Å². The number of benzene rings is 2.